The summed E-state index contributed by atoms with van der Waals surface area (Å²) in [5.41, 5.74) is 0.532. The highest BCUT2D eigenvalue weighted by Gasteiger charge is 2.15. The monoisotopic (exact) mass is 254 g/mol. The molecular formula is C18H38. The number of hydrogen-bond acceptors (Lipinski definition) is 0. The summed E-state index contributed by atoms with van der Waals surface area (Å²) in [6.07, 6.45) is 10.2. The van der Waals surface area contributed by atoms with Crippen LogP contribution in [0.25, 0.3) is 0 Å². The molecule has 0 heteroatoms. The second-order valence-electron chi connectivity index (χ2n) is 8.14. The van der Waals surface area contributed by atoms with E-state index in [2.05, 4.69) is 48.5 Å². The third-order valence-corrected chi connectivity index (χ3v) is 4.06. The van der Waals surface area contributed by atoms with Gasteiger partial charge in [0.05, 0.1) is 0 Å². The minimum absolute atomic E-state index is 0.532. The van der Waals surface area contributed by atoms with Gasteiger partial charge in [0, 0.05) is 0 Å². The van der Waals surface area contributed by atoms with Crippen molar-refractivity contribution in [3.8, 4) is 0 Å². The van der Waals surface area contributed by atoms with E-state index in [1.54, 1.807) is 0 Å². The van der Waals surface area contributed by atoms with Gasteiger partial charge in [-0.1, -0.05) is 87.0 Å². The van der Waals surface area contributed by atoms with Crippen LogP contribution in [0.15, 0.2) is 0 Å². The Hall–Kier alpha value is 0. The van der Waals surface area contributed by atoms with Crippen LogP contribution in [0.3, 0.4) is 0 Å². The molecule has 0 radical (unpaired) electrons. The van der Waals surface area contributed by atoms with Gasteiger partial charge in [0.25, 0.3) is 0 Å². The Labute approximate surface area is 117 Å². The van der Waals surface area contributed by atoms with Crippen LogP contribution in [0.5, 0.6) is 0 Å². The normalized spacial score (nSPS) is 17.8. The van der Waals surface area contributed by atoms with Crippen molar-refractivity contribution in [2.24, 2.45) is 23.2 Å². The quantitative estimate of drug-likeness (QED) is 0.526. The second-order valence-corrected chi connectivity index (χ2v) is 8.14. The molecule has 1 rings (SSSR count). The Morgan fingerprint density at radius 3 is 1.61 bits per heavy atom. The van der Waals surface area contributed by atoms with Crippen LogP contribution in [-0.4, -0.2) is 0 Å². The Kier molecular flexibility index (Phi) is 8.99. The van der Waals surface area contributed by atoms with Crippen molar-refractivity contribution in [1.82, 2.24) is 0 Å². The van der Waals surface area contributed by atoms with E-state index in [4.69, 9.17) is 0 Å². The van der Waals surface area contributed by atoms with Gasteiger partial charge < -0.3 is 0 Å². The first-order valence-electron chi connectivity index (χ1n) is 8.22. The first kappa shape index (κ1) is 18.0. The Balaban J connectivity index is 0.000000321. The fourth-order valence-corrected chi connectivity index (χ4v) is 2.52. The molecule has 0 heterocycles. The summed E-state index contributed by atoms with van der Waals surface area (Å²) in [6.45, 7) is 16.2. The van der Waals surface area contributed by atoms with Gasteiger partial charge >= 0.3 is 0 Å². The Bertz CT molecular complexity index is 177. The largest absolute Gasteiger partial charge is 0.0628 e. The Morgan fingerprint density at radius 2 is 1.39 bits per heavy atom. The average molecular weight is 255 g/mol. The molecule has 1 saturated carbocycles. The molecule has 0 aromatic rings. The smallest absolute Gasteiger partial charge is 0.0383 e. The van der Waals surface area contributed by atoms with Crippen LogP contribution >= 0.6 is 0 Å². The summed E-state index contributed by atoms with van der Waals surface area (Å²) >= 11 is 0. The standard InChI is InChI=1S/C9H18.C9H20/c1-8(2)9-6-4-3-5-7-9;1-8(2)6-7-9(3,4)5/h8-9H,3-7H2,1-2H3;8H,6-7H2,1-5H3. The lowest BCUT2D eigenvalue weighted by molar-refractivity contribution is 0.279. The molecular weight excluding hydrogens is 216 g/mol. The molecule has 0 aromatic carbocycles. The maximum absolute atomic E-state index is 2.36. The topological polar surface area (TPSA) is 0 Å². The minimum Gasteiger partial charge on any atom is -0.0628 e. The van der Waals surface area contributed by atoms with Crippen LogP contribution in [0.2, 0.25) is 0 Å². The van der Waals surface area contributed by atoms with Crippen molar-refractivity contribution in [3.63, 3.8) is 0 Å². The maximum Gasteiger partial charge on any atom is -0.0383 e. The fraction of sp³-hybridized carbons (Fsp3) is 1.00. The van der Waals surface area contributed by atoms with Gasteiger partial charge in [-0.2, -0.15) is 0 Å². The highest BCUT2D eigenvalue weighted by atomic mass is 14.2. The van der Waals surface area contributed by atoms with Gasteiger partial charge in [-0.05, 0) is 29.6 Å². The van der Waals surface area contributed by atoms with Crippen molar-refractivity contribution in [1.29, 1.82) is 0 Å². The molecule has 0 amide bonds. The lowest BCUT2D eigenvalue weighted by Gasteiger charge is -2.24. The Morgan fingerprint density at radius 1 is 0.889 bits per heavy atom. The first-order chi connectivity index (χ1) is 8.22. The highest BCUT2D eigenvalue weighted by molar-refractivity contribution is 4.67. The molecule has 0 bridgehead atoms. The molecule has 1 aliphatic rings. The lowest BCUT2D eigenvalue weighted by atomic mass is 9.82. The van der Waals surface area contributed by atoms with Gasteiger partial charge in [0.15, 0.2) is 0 Å². The van der Waals surface area contributed by atoms with Gasteiger partial charge in [0.1, 0.15) is 0 Å². The first-order valence-corrected chi connectivity index (χ1v) is 8.22. The van der Waals surface area contributed by atoms with E-state index in [0.29, 0.717) is 5.41 Å². The van der Waals surface area contributed by atoms with Crippen molar-refractivity contribution >= 4 is 0 Å². The van der Waals surface area contributed by atoms with Crippen LogP contribution in [0.1, 0.15) is 93.4 Å². The van der Waals surface area contributed by atoms with Gasteiger partial charge in [0.2, 0.25) is 0 Å². The number of rotatable bonds is 3. The molecule has 0 aliphatic heterocycles. The van der Waals surface area contributed by atoms with E-state index in [0.717, 1.165) is 17.8 Å². The zero-order chi connectivity index (χ0) is 14.2. The van der Waals surface area contributed by atoms with E-state index in [-0.39, 0.29) is 0 Å². The molecule has 0 unspecified atom stereocenters. The highest BCUT2D eigenvalue weighted by Crippen LogP contribution is 2.29. The zero-order valence-corrected chi connectivity index (χ0v) is 14.2. The summed E-state index contributed by atoms with van der Waals surface area (Å²) in [7, 11) is 0. The van der Waals surface area contributed by atoms with E-state index in [9.17, 15) is 0 Å². The van der Waals surface area contributed by atoms with E-state index >= 15 is 0 Å². The second kappa shape index (κ2) is 8.99. The van der Waals surface area contributed by atoms with Crippen molar-refractivity contribution in [3.05, 3.63) is 0 Å². The van der Waals surface area contributed by atoms with Crippen molar-refractivity contribution in [2.75, 3.05) is 0 Å². The minimum atomic E-state index is 0.532. The molecule has 0 atom stereocenters. The molecule has 1 fully saturated rings. The molecule has 0 aromatic heterocycles. The molecule has 1 aliphatic carbocycles. The van der Waals surface area contributed by atoms with Crippen LogP contribution < -0.4 is 0 Å². The summed E-state index contributed by atoms with van der Waals surface area (Å²) in [5.74, 6) is 2.85. The predicted octanol–water partition coefficient (Wildman–Crippen LogP) is 6.69. The summed E-state index contributed by atoms with van der Waals surface area (Å²) < 4.78 is 0. The van der Waals surface area contributed by atoms with E-state index in [1.165, 1.54) is 44.9 Å². The number of hydrogen-bond donors (Lipinski definition) is 0. The SMILES string of the molecule is CC(C)C1CCCCC1.CC(C)CCC(C)(C)C. The van der Waals surface area contributed by atoms with Crippen LogP contribution in [0.4, 0.5) is 0 Å². The van der Waals surface area contributed by atoms with E-state index in [1.807, 2.05) is 0 Å². The average Bonchev–Trinajstić information content (AvgIpc) is 2.27. The van der Waals surface area contributed by atoms with Crippen molar-refractivity contribution in [2.45, 2.75) is 93.4 Å². The van der Waals surface area contributed by atoms with Crippen molar-refractivity contribution < 1.29 is 0 Å². The van der Waals surface area contributed by atoms with E-state index < -0.39 is 0 Å². The van der Waals surface area contributed by atoms with Crippen LogP contribution in [0, 0.1) is 23.2 Å². The third-order valence-electron chi connectivity index (χ3n) is 4.06. The summed E-state index contributed by atoms with van der Waals surface area (Å²) in [5, 5.41) is 0. The zero-order valence-electron chi connectivity index (χ0n) is 14.2. The molecule has 18 heavy (non-hydrogen) atoms. The molecule has 0 saturated heterocycles. The fourth-order valence-electron chi connectivity index (χ4n) is 2.52. The lowest BCUT2D eigenvalue weighted by Crippen LogP contribution is -2.12. The van der Waals surface area contributed by atoms with Gasteiger partial charge in [-0.15, -0.1) is 0 Å². The molecule has 0 spiro atoms. The third kappa shape index (κ3) is 11.1. The summed E-state index contributed by atoms with van der Waals surface area (Å²) in [6, 6.07) is 0. The van der Waals surface area contributed by atoms with Gasteiger partial charge in [-0.25, -0.2) is 0 Å². The molecule has 0 nitrogen and oxygen atoms in total. The summed E-state index contributed by atoms with van der Waals surface area (Å²) in [4.78, 5) is 0. The molecule has 0 N–H and O–H groups in total. The van der Waals surface area contributed by atoms with Gasteiger partial charge in [-0.3, -0.25) is 0 Å². The predicted molar refractivity (Wildman–Crippen MR) is 84.9 cm³/mol. The van der Waals surface area contributed by atoms with Crippen LogP contribution in [-0.2, 0) is 0 Å². The maximum atomic E-state index is 2.36. The molecule has 110 valence electrons.